The number of thioether (sulfide) groups is 2. The van der Waals surface area contributed by atoms with Crippen LogP contribution in [0.2, 0.25) is 0 Å². The monoisotopic (exact) mass is 558 g/mol. The molecule has 0 atom stereocenters. The highest BCUT2D eigenvalue weighted by atomic mass is 32.2. The number of rotatable bonds is 7. The van der Waals surface area contributed by atoms with Crippen LogP contribution < -0.4 is 10.7 Å². The minimum Gasteiger partial charge on any atom is -0.354 e. The Morgan fingerprint density at radius 2 is 1.32 bits per heavy atom. The number of benzene rings is 2. The van der Waals surface area contributed by atoms with Crippen LogP contribution >= 0.6 is 23.5 Å². The molecule has 3 rings (SSSR count). The van der Waals surface area contributed by atoms with Gasteiger partial charge in [0.1, 0.15) is 0 Å². The summed E-state index contributed by atoms with van der Waals surface area (Å²) in [5.41, 5.74) is -4.05. The molecule has 0 radical (unpaired) electrons. The standard InChI is InChI=1S/C25H24F6N4S2/c1-23(2)15-32-22(33-16-23)35-34-19(9-3-17-5-11-20(12-6-17)36-24(26,27)28)10-4-18-7-13-21(14-8-18)37-25(29,30)31/h3-14H,15-16H2,1-2H3,(H2,32,33,35)/b9-3+,10-4+. The Balaban J connectivity index is 1.76. The highest BCUT2D eigenvalue weighted by Crippen LogP contribution is 2.37. The Morgan fingerprint density at radius 3 is 1.70 bits per heavy atom. The maximum Gasteiger partial charge on any atom is 0.446 e. The van der Waals surface area contributed by atoms with Crippen LogP contribution in [-0.4, -0.2) is 35.8 Å². The summed E-state index contributed by atoms with van der Waals surface area (Å²) in [6.45, 7) is 5.48. The van der Waals surface area contributed by atoms with Gasteiger partial charge < -0.3 is 5.32 Å². The lowest BCUT2D eigenvalue weighted by molar-refractivity contribution is -0.0337. The average molecular weight is 559 g/mol. The molecule has 198 valence electrons. The van der Waals surface area contributed by atoms with Crippen molar-refractivity contribution in [2.24, 2.45) is 15.5 Å². The first-order valence-corrected chi connectivity index (χ1v) is 12.6. The highest BCUT2D eigenvalue weighted by Gasteiger charge is 2.29. The van der Waals surface area contributed by atoms with E-state index in [-0.39, 0.29) is 38.7 Å². The number of hydrogen-bond acceptors (Lipinski definition) is 6. The Kier molecular flexibility index (Phi) is 9.41. The number of halogens is 6. The molecule has 0 fully saturated rings. The smallest absolute Gasteiger partial charge is 0.354 e. The molecule has 0 aliphatic carbocycles. The Morgan fingerprint density at radius 1 is 0.865 bits per heavy atom. The summed E-state index contributed by atoms with van der Waals surface area (Å²) in [5, 5.41) is 7.51. The van der Waals surface area contributed by atoms with E-state index in [2.05, 4.69) is 34.7 Å². The number of aliphatic imine (C=N–C) groups is 1. The predicted octanol–water partition coefficient (Wildman–Crippen LogP) is 7.57. The zero-order valence-electron chi connectivity index (χ0n) is 19.8. The molecule has 0 bridgehead atoms. The van der Waals surface area contributed by atoms with Gasteiger partial charge in [0.15, 0.2) is 0 Å². The fourth-order valence-corrected chi connectivity index (χ4v) is 4.05. The second-order valence-corrected chi connectivity index (χ2v) is 11.0. The summed E-state index contributed by atoms with van der Waals surface area (Å²) in [6, 6.07) is 11.8. The molecule has 1 aliphatic heterocycles. The molecular formula is C25H24F6N4S2. The summed E-state index contributed by atoms with van der Waals surface area (Å²) in [6.07, 6.45) is 6.71. The number of hydrazone groups is 1. The summed E-state index contributed by atoms with van der Waals surface area (Å²) < 4.78 is 75.3. The highest BCUT2D eigenvalue weighted by molar-refractivity contribution is 8.00. The third-order valence-corrected chi connectivity index (χ3v) is 6.29. The number of guanidine groups is 1. The number of nitrogens with zero attached hydrogens (tertiary/aromatic N) is 2. The van der Waals surface area contributed by atoms with Crippen molar-refractivity contribution in [3.63, 3.8) is 0 Å². The van der Waals surface area contributed by atoms with Gasteiger partial charge in [-0.05, 0) is 71.1 Å². The Labute approximate surface area is 219 Å². The van der Waals surface area contributed by atoms with Crippen LogP contribution in [-0.2, 0) is 0 Å². The Bertz CT molecular complexity index is 1090. The maximum atomic E-state index is 12.5. The van der Waals surface area contributed by atoms with Gasteiger partial charge in [-0.2, -0.15) is 31.4 Å². The van der Waals surface area contributed by atoms with E-state index in [0.717, 1.165) is 0 Å². The van der Waals surface area contributed by atoms with Crippen molar-refractivity contribution < 1.29 is 26.3 Å². The third kappa shape index (κ3) is 11.0. The van der Waals surface area contributed by atoms with Gasteiger partial charge in [-0.15, -0.1) is 0 Å². The van der Waals surface area contributed by atoms with E-state index < -0.39 is 11.0 Å². The topological polar surface area (TPSA) is 48.8 Å². The van der Waals surface area contributed by atoms with E-state index in [4.69, 9.17) is 0 Å². The van der Waals surface area contributed by atoms with E-state index in [9.17, 15) is 26.3 Å². The van der Waals surface area contributed by atoms with Crippen molar-refractivity contribution in [1.82, 2.24) is 10.7 Å². The van der Waals surface area contributed by atoms with Gasteiger partial charge in [-0.3, -0.25) is 4.99 Å². The molecule has 0 unspecified atom stereocenters. The van der Waals surface area contributed by atoms with Crippen molar-refractivity contribution in [3.05, 3.63) is 71.8 Å². The number of hydrogen-bond donors (Lipinski definition) is 2. The molecule has 2 aromatic carbocycles. The molecule has 0 amide bonds. The van der Waals surface area contributed by atoms with Crippen molar-refractivity contribution >= 4 is 47.3 Å². The molecule has 0 spiro atoms. The van der Waals surface area contributed by atoms with E-state index in [0.29, 0.717) is 35.9 Å². The SMILES string of the molecule is CC1(C)CN=C(NN=C(/C=C/c2ccc(SC(F)(F)F)cc2)/C=C/c2ccc(SC(F)(F)F)cc2)NC1. The van der Waals surface area contributed by atoms with Gasteiger partial charge in [-0.1, -0.05) is 50.3 Å². The summed E-state index contributed by atoms with van der Waals surface area (Å²) in [5.74, 6) is 0.501. The normalized spacial score (nSPS) is 15.9. The van der Waals surface area contributed by atoms with Crippen molar-refractivity contribution in [1.29, 1.82) is 0 Å². The van der Waals surface area contributed by atoms with Crippen LogP contribution in [0.1, 0.15) is 25.0 Å². The number of allylic oxidation sites excluding steroid dienone is 2. The first kappa shape index (κ1) is 28.7. The largest absolute Gasteiger partial charge is 0.446 e. The molecule has 2 aromatic rings. The fraction of sp³-hybridized carbons (Fsp3) is 0.280. The van der Waals surface area contributed by atoms with Gasteiger partial charge in [0, 0.05) is 28.3 Å². The Hall–Kier alpha value is -2.86. The molecule has 0 saturated heterocycles. The predicted molar refractivity (Wildman–Crippen MR) is 139 cm³/mol. The van der Waals surface area contributed by atoms with E-state index in [1.165, 1.54) is 24.3 Å². The van der Waals surface area contributed by atoms with Crippen LogP contribution in [0.3, 0.4) is 0 Å². The van der Waals surface area contributed by atoms with Gasteiger partial charge in [0.05, 0.1) is 5.71 Å². The fourth-order valence-electron chi connectivity index (χ4n) is 2.97. The van der Waals surface area contributed by atoms with Crippen LogP contribution in [0.5, 0.6) is 0 Å². The minimum atomic E-state index is -4.36. The maximum absolute atomic E-state index is 12.5. The molecule has 0 aromatic heterocycles. The zero-order valence-corrected chi connectivity index (χ0v) is 21.5. The van der Waals surface area contributed by atoms with Crippen LogP contribution in [0.25, 0.3) is 12.2 Å². The van der Waals surface area contributed by atoms with E-state index >= 15 is 0 Å². The van der Waals surface area contributed by atoms with Gasteiger partial charge in [0.25, 0.3) is 0 Å². The second-order valence-electron chi connectivity index (χ2n) is 8.73. The van der Waals surface area contributed by atoms with Gasteiger partial charge in [-0.25, -0.2) is 5.43 Å². The van der Waals surface area contributed by atoms with Crippen molar-refractivity contribution in [3.8, 4) is 0 Å². The molecule has 0 saturated carbocycles. The average Bonchev–Trinajstić information content (AvgIpc) is 2.79. The minimum absolute atomic E-state index is 0.0185. The molecule has 12 heteroatoms. The summed E-state index contributed by atoms with van der Waals surface area (Å²) >= 11 is -0.372. The first-order chi connectivity index (χ1) is 17.3. The van der Waals surface area contributed by atoms with E-state index in [1.807, 2.05) is 0 Å². The summed E-state index contributed by atoms with van der Waals surface area (Å²) in [4.78, 5) is 4.58. The number of alkyl halides is 6. The number of nitrogens with one attached hydrogen (secondary N) is 2. The summed E-state index contributed by atoms with van der Waals surface area (Å²) in [7, 11) is 0. The van der Waals surface area contributed by atoms with Gasteiger partial charge >= 0.3 is 11.0 Å². The quantitative estimate of drug-likeness (QED) is 0.159. The van der Waals surface area contributed by atoms with Crippen LogP contribution in [0, 0.1) is 5.41 Å². The molecule has 1 aliphatic rings. The van der Waals surface area contributed by atoms with Crippen LogP contribution in [0.15, 0.2) is 80.6 Å². The van der Waals surface area contributed by atoms with E-state index in [1.54, 1.807) is 48.6 Å². The molecule has 1 heterocycles. The molecule has 2 N–H and O–H groups in total. The lowest BCUT2D eigenvalue weighted by Gasteiger charge is -2.28. The molecule has 4 nitrogen and oxygen atoms in total. The lowest BCUT2D eigenvalue weighted by atomic mass is 9.93. The second kappa shape index (κ2) is 12.1. The molecular weight excluding hydrogens is 534 g/mol. The first-order valence-electron chi connectivity index (χ1n) is 11.0. The molecule has 37 heavy (non-hydrogen) atoms. The third-order valence-electron chi connectivity index (χ3n) is 4.81. The zero-order chi connectivity index (χ0) is 27.1. The van der Waals surface area contributed by atoms with Crippen molar-refractivity contribution in [2.75, 3.05) is 13.1 Å². The van der Waals surface area contributed by atoms with Gasteiger partial charge in [0.2, 0.25) is 5.96 Å². The van der Waals surface area contributed by atoms with Crippen molar-refractivity contribution in [2.45, 2.75) is 34.7 Å². The lowest BCUT2D eigenvalue weighted by Crippen LogP contribution is -2.46. The van der Waals surface area contributed by atoms with Crippen LogP contribution in [0.4, 0.5) is 26.3 Å².